The molecule has 19 heavy (non-hydrogen) atoms. The number of halogens is 1. The molecule has 0 aliphatic carbocycles. The lowest BCUT2D eigenvalue weighted by Gasteiger charge is -2.23. The van der Waals surface area contributed by atoms with E-state index in [1.54, 1.807) is 17.4 Å². The summed E-state index contributed by atoms with van der Waals surface area (Å²) in [5, 5.41) is 4.25. The summed E-state index contributed by atoms with van der Waals surface area (Å²) in [6, 6.07) is 5.06. The molecule has 0 saturated carbocycles. The molecule has 1 N–H and O–H groups in total. The summed E-state index contributed by atoms with van der Waals surface area (Å²) < 4.78 is 14.1. The Bertz CT molecular complexity index is 536. The van der Waals surface area contributed by atoms with E-state index in [9.17, 15) is 4.39 Å². The zero-order chi connectivity index (χ0) is 13.8. The molecule has 2 aromatic rings. The molecule has 3 nitrogen and oxygen atoms in total. The molecule has 1 unspecified atom stereocenters. The van der Waals surface area contributed by atoms with Crippen LogP contribution in [0.2, 0.25) is 0 Å². The second kappa shape index (κ2) is 6.30. The van der Waals surface area contributed by atoms with Crippen molar-refractivity contribution in [1.29, 1.82) is 0 Å². The minimum atomic E-state index is -0.236. The van der Waals surface area contributed by atoms with Crippen LogP contribution in [0, 0.1) is 5.82 Å². The number of rotatable bonds is 6. The Labute approximate surface area is 117 Å². The van der Waals surface area contributed by atoms with Crippen molar-refractivity contribution in [3.05, 3.63) is 24.0 Å². The average Bonchev–Trinajstić information content (AvgIpc) is 2.77. The van der Waals surface area contributed by atoms with Gasteiger partial charge in [0.15, 0.2) is 5.13 Å². The van der Waals surface area contributed by atoms with Gasteiger partial charge in [-0.3, -0.25) is 0 Å². The third kappa shape index (κ3) is 3.64. The molecule has 1 heterocycles. The molecule has 0 aliphatic heterocycles. The van der Waals surface area contributed by atoms with Crippen molar-refractivity contribution in [2.75, 3.05) is 25.0 Å². The largest absolute Gasteiger partial charge is 0.358 e. The van der Waals surface area contributed by atoms with Gasteiger partial charge in [-0.25, -0.2) is 9.37 Å². The predicted octanol–water partition coefficient (Wildman–Crippen LogP) is 3.58. The van der Waals surface area contributed by atoms with Crippen molar-refractivity contribution in [2.45, 2.75) is 26.8 Å². The van der Waals surface area contributed by atoms with Crippen LogP contribution in [0.1, 0.15) is 20.8 Å². The first-order valence-electron chi connectivity index (χ1n) is 6.67. The summed E-state index contributed by atoms with van der Waals surface area (Å²) in [5.74, 6) is -0.236. The number of hydrogen-bond acceptors (Lipinski definition) is 4. The van der Waals surface area contributed by atoms with Gasteiger partial charge >= 0.3 is 0 Å². The van der Waals surface area contributed by atoms with Crippen molar-refractivity contribution >= 4 is 26.7 Å². The average molecular weight is 281 g/mol. The molecule has 0 fully saturated rings. The molecular weight excluding hydrogens is 261 g/mol. The van der Waals surface area contributed by atoms with Crippen LogP contribution < -0.4 is 5.32 Å². The van der Waals surface area contributed by atoms with Gasteiger partial charge in [-0.05, 0) is 32.1 Å². The van der Waals surface area contributed by atoms with Crippen LogP contribution in [0.25, 0.3) is 10.2 Å². The van der Waals surface area contributed by atoms with E-state index < -0.39 is 0 Å². The van der Waals surface area contributed by atoms with Crippen molar-refractivity contribution in [1.82, 2.24) is 9.88 Å². The van der Waals surface area contributed by atoms with Crippen LogP contribution in [-0.2, 0) is 0 Å². The third-order valence-electron chi connectivity index (χ3n) is 3.15. The van der Waals surface area contributed by atoms with Gasteiger partial charge in [0.2, 0.25) is 0 Å². The number of benzene rings is 1. The smallest absolute Gasteiger partial charge is 0.184 e. The summed E-state index contributed by atoms with van der Waals surface area (Å²) in [6.07, 6.45) is 0. The van der Waals surface area contributed by atoms with Crippen LogP contribution in [0.3, 0.4) is 0 Å². The zero-order valence-electron chi connectivity index (χ0n) is 11.6. The monoisotopic (exact) mass is 281 g/mol. The Kier molecular flexibility index (Phi) is 4.71. The molecule has 1 atom stereocenters. The van der Waals surface area contributed by atoms with Gasteiger partial charge in [0.1, 0.15) is 5.82 Å². The maximum atomic E-state index is 13.1. The molecule has 5 heteroatoms. The van der Waals surface area contributed by atoms with Crippen molar-refractivity contribution in [3.8, 4) is 0 Å². The first-order valence-corrected chi connectivity index (χ1v) is 7.49. The SMILES string of the molecule is CCN(CC)CC(C)Nc1nc2cc(F)ccc2s1. The minimum absolute atomic E-state index is 0.236. The lowest BCUT2D eigenvalue weighted by Crippen LogP contribution is -2.34. The van der Waals surface area contributed by atoms with Crippen LogP contribution in [0.15, 0.2) is 18.2 Å². The topological polar surface area (TPSA) is 28.2 Å². The number of thiazole rings is 1. The molecular formula is C14H20FN3S. The fourth-order valence-electron chi connectivity index (χ4n) is 2.09. The molecule has 1 aromatic carbocycles. The fraction of sp³-hybridized carbons (Fsp3) is 0.500. The number of nitrogens with one attached hydrogen (secondary N) is 1. The van der Waals surface area contributed by atoms with E-state index in [2.05, 4.69) is 36.0 Å². The Morgan fingerprint density at radius 1 is 1.37 bits per heavy atom. The van der Waals surface area contributed by atoms with Gasteiger partial charge in [-0.1, -0.05) is 25.2 Å². The summed E-state index contributed by atoms with van der Waals surface area (Å²) >= 11 is 1.57. The molecule has 1 aromatic heterocycles. The van der Waals surface area contributed by atoms with E-state index in [1.165, 1.54) is 12.1 Å². The third-order valence-corrected chi connectivity index (χ3v) is 4.11. The van der Waals surface area contributed by atoms with Gasteiger partial charge in [0.25, 0.3) is 0 Å². The minimum Gasteiger partial charge on any atom is -0.358 e. The first kappa shape index (κ1) is 14.2. The number of anilines is 1. The number of hydrogen-bond donors (Lipinski definition) is 1. The second-order valence-corrected chi connectivity index (χ2v) is 5.69. The molecule has 0 aliphatic rings. The molecule has 104 valence electrons. The lowest BCUT2D eigenvalue weighted by molar-refractivity contribution is 0.295. The summed E-state index contributed by atoms with van der Waals surface area (Å²) in [4.78, 5) is 6.79. The summed E-state index contributed by atoms with van der Waals surface area (Å²) in [6.45, 7) is 9.55. The highest BCUT2D eigenvalue weighted by atomic mass is 32.1. The van der Waals surface area contributed by atoms with Crippen molar-refractivity contribution in [2.24, 2.45) is 0 Å². The Morgan fingerprint density at radius 2 is 2.11 bits per heavy atom. The maximum Gasteiger partial charge on any atom is 0.184 e. The number of nitrogens with zero attached hydrogens (tertiary/aromatic N) is 2. The highest BCUT2D eigenvalue weighted by Gasteiger charge is 2.10. The fourth-order valence-corrected chi connectivity index (χ4v) is 3.05. The standard InChI is InChI=1S/C14H20FN3S/c1-4-18(5-2)9-10(3)16-14-17-12-8-11(15)6-7-13(12)19-14/h6-8,10H,4-5,9H2,1-3H3,(H,16,17). The quantitative estimate of drug-likeness (QED) is 0.877. The van der Waals surface area contributed by atoms with E-state index in [-0.39, 0.29) is 5.82 Å². The van der Waals surface area contributed by atoms with Gasteiger partial charge in [0.05, 0.1) is 10.2 Å². The van der Waals surface area contributed by atoms with E-state index in [0.717, 1.165) is 35.0 Å². The van der Waals surface area contributed by atoms with Gasteiger partial charge < -0.3 is 10.2 Å². The molecule has 2 rings (SSSR count). The van der Waals surface area contributed by atoms with E-state index >= 15 is 0 Å². The molecule has 0 spiro atoms. The molecule has 0 saturated heterocycles. The summed E-state index contributed by atoms with van der Waals surface area (Å²) in [7, 11) is 0. The van der Waals surface area contributed by atoms with E-state index in [0.29, 0.717) is 6.04 Å². The van der Waals surface area contributed by atoms with Crippen LogP contribution in [0.4, 0.5) is 9.52 Å². The first-order chi connectivity index (χ1) is 9.12. The van der Waals surface area contributed by atoms with Gasteiger partial charge in [0, 0.05) is 18.7 Å². The number of fused-ring (bicyclic) bond motifs is 1. The molecule has 0 bridgehead atoms. The van der Waals surface area contributed by atoms with Crippen LogP contribution in [0.5, 0.6) is 0 Å². The number of aromatic nitrogens is 1. The number of likely N-dealkylation sites (N-methyl/N-ethyl adjacent to an activating group) is 1. The normalized spacial score (nSPS) is 13.1. The second-order valence-electron chi connectivity index (χ2n) is 4.66. The van der Waals surface area contributed by atoms with Gasteiger partial charge in [-0.15, -0.1) is 0 Å². The Hall–Kier alpha value is -1.20. The molecule has 0 amide bonds. The maximum absolute atomic E-state index is 13.1. The molecule has 0 radical (unpaired) electrons. The van der Waals surface area contributed by atoms with Crippen molar-refractivity contribution in [3.63, 3.8) is 0 Å². The van der Waals surface area contributed by atoms with E-state index in [1.807, 2.05) is 0 Å². The summed E-state index contributed by atoms with van der Waals surface area (Å²) in [5.41, 5.74) is 0.725. The van der Waals surface area contributed by atoms with E-state index in [4.69, 9.17) is 0 Å². The van der Waals surface area contributed by atoms with Crippen LogP contribution >= 0.6 is 11.3 Å². The lowest BCUT2D eigenvalue weighted by atomic mass is 10.3. The zero-order valence-corrected chi connectivity index (χ0v) is 12.4. The highest BCUT2D eigenvalue weighted by molar-refractivity contribution is 7.22. The van der Waals surface area contributed by atoms with Crippen molar-refractivity contribution < 1.29 is 4.39 Å². The Morgan fingerprint density at radius 3 is 2.79 bits per heavy atom. The Balaban J connectivity index is 2.04. The highest BCUT2D eigenvalue weighted by Crippen LogP contribution is 2.26. The van der Waals surface area contributed by atoms with Gasteiger partial charge in [-0.2, -0.15) is 0 Å². The predicted molar refractivity (Wildman–Crippen MR) is 80.5 cm³/mol. The van der Waals surface area contributed by atoms with Crippen LogP contribution in [-0.4, -0.2) is 35.6 Å².